The molecule has 3 rings (SSSR count). The van der Waals surface area contributed by atoms with E-state index >= 15 is 0 Å². The van der Waals surface area contributed by atoms with Crippen LogP contribution in [0.1, 0.15) is 52.4 Å². The van der Waals surface area contributed by atoms with Gasteiger partial charge in [0, 0.05) is 6.04 Å². The minimum Gasteiger partial charge on any atom is -0.353 e. The second-order valence-electron chi connectivity index (χ2n) is 6.06. The Hall–Kier alpha value is -0.570. The van der Waals surface area contributed by atoms with Gasteiger partial charge in [0.2, 0.25) is 5.91 Å². The molecule has 0 bridgehead atoms. The minimum absolute atomic E-state index is 0.00197. The summed E-state index contributed by atoms with van der Waals surface area (Å²) in [5, 5.41) is 3.30. The molecule has 2 saturated heterocycles. The quantitative estimate of drug-likeness (QED) is 0.718. The number of likely N-dealkylation sites (tertiary alicyclic amines) is 1. The van der Waals surface area contributed by atoms with Gasteiger partial charge in [-0.15, -0.1) is 0 Å². The van der Waals surface area contributed by atoms with Gasteiger partial charge in [0.15, 0.2) is 0 Å². The molecule has 1 N–H and O–H groups in total. The maximum absolute atomic E-state index is 12.3. The highest BCUT2D eigenvalue weighted by atomic mass is 16.2. The molecule has 3 aliphatic rings. The third kappa shape index (κ3) is 2.42. The standard InChI is InChI=1S/C13H22N2O.C2H6/c1-15-7-5-13(6-8-15)9-10-3-2-4-11(10)14-12(13)16;1-2/h10-11H,2-9H2,1H3,(H,14,16);1-2H3. The number of nitrogens with one attached hydrogen (secondary N) is 1. The van der Waals surface area contributed by atoms with Crippen molar-refractivity contribution in [3.05, 3.63) is 0 Å². The molecule has 2 heterocycles. The third-order valence-electron chi connectivity index (χ3n) is 5.05. The number of nitrogens with zero attached hydrogens (tertiary/aromatic N) is 1. The van der Waals surface area contributed by atoms with Crippen molar-refractivity contribution in [1.82, 2.24) is 10.2 Å². The van der Waals surface area contributed by atoms with Crippen molar-refractivity contribution in [1.29, 1.82) is 0 Å². The zero-order valence-corrected chi connectivity index (χ0v) is 12.2. The molecule has 1 aliphatic carbocycles. The lowest BCUT2D eigenvalue weighted by atomic mass is 9.68. The van der Waals surface area contributed by atoms with Gasteiger partial charge in [0.1, 0.15) is 0 Å². The number of piperidine rings is 2. The lowest BCUT2D eigenvalue weighted by Gasteiger charge is -2.46. The molecule has 0 aromatic rings. The van der Waals surface area contributed by atoms with Crippen LogP contribution < -0.4 is 5.32 Å². The van der Waals surface area contributed by atoms with E-state index in [1.165, 1.54) is 19.3 Å². The Morgan fingerprint density at radius 1 is 1.22 bits per heavy atom. The Labute approximate surface area is 111 Å². The molecule has 18 heavy (non-hydrogen) atoms. The lowest BCUT2D eigenvalue weighted by molar-refractivity contribution is -0.139. The molecule has 2 unspecified atom stereocenters. The van der Waals surface area contributed by atoms with E-state index in [9.17, 15) is 4.79 Å². The fourth-order valence-electron chi connectivity index (χ4n) is 3.86. The summed E-state index contributed by atoms with van der Waals surface area (Å²) in [7, 11) is 2.16. The summed E-state index contributed by atoms with van der Waals surface area (Å²) < 4.78 is 0. The van der Waals surface area contributed by atoms with Crippen molar-refractivity contribution in [2.75, 3.05) is 20.1 Å². The molecule has 104 valence electrons. The number of carbonyl (C=O) groups is 1. The number of fused-ring (bicyclic) bond motifs is 1. The summed E-state index contributed by atoms with van der Waals surface area (Å²) in [6, 6.07) is 0.512. The summed E-state index contributed by atoms with van der Waals surface area (Å²) in [6.07, 6.45) is 7.16. The first kappa shape index (κ1) is 13.9. The van der Waals surface area contributed by atoms with Crippen molar-refractivity contribution >= 4 is 5.91 Å². The molecule has 0 aromatic heterocycles. The summed E-state index contributed by atoms with van der Waals surface area (Å²) >= 11 is 0. The molecule has 0 aromatic carbocycles. The number of amides is 1. The van der Waals surface area contributed by atoms with Gasteiger partial charge in [-0.25, -0.2) is 0 Å². The predicted molar refractivity (Wildman–Crippen MR) is 74.4 cm³/mol. The van der Waals surface area contributed by atoms with Gasteiger partial charge in [-0.05, 0) is 58.2 Å². The maximum Gasteiger partial charge on any atom is 0.226 e. The van der Waals surface area contributed by atoms with Crippen molar-refractivity contribution in [2.45, 2.75) is 58.4 Å². The van der Waals surface area contributed by atoms with Crippen molar-refractivity contribution < 1.29 is 4.79 Å². The topological polar surface area (TPSA) is 32.3 Å². The van der Waals surface area contributed by atoms with Crippen LogP contribution in [0.4, 0.5) is 0 Å². The monoisotopic (exact) mass is 252 g/mol. The SMILES string of the molecule is CC.CN1CCC2(CC1)CC1CCCC1NC2=O. The van der Waals surface area contributed by atoms with Crippen LogP contribution in [0, 0.1) is 11.3 Å². The minimum atomic E-state index is -0.00197. The molecule has 3 heteroatoms. The molecule has 0 radical (unpaired) electrons. The van der Waals surface area contributed by atoms with Gasteiger partial charge in [0.05, 0.1) is 5.41 Å². The highest BCUT2D eigenvalue weighted by Crippen LogP contribution is 2.45. The van der Waals surface area contributed by atoms with Crippen LogP contribution >= 0.6 is 0 Å². The Morgan fingerprint density at radius 3 is 2.56 bits per heavy atom. The van der Waals surface area contributed by atoms with Crippen LogP contribution in [0.15, 0.2) is 0 Å². The molecule has 3 nitrogen and oxygen atoms in total. The van der Waals surface area contributed by atoms with E-state index in [2.05, 4.69) is 17.3 Å². The first-order chi connectivity index (χ1) is 8.70. The van der Waals surface area contributed by atoms with Gasteiger partial charge in [-0.3, -0.25) is 4.79 Å². The van der Waals surface area contributed by atoms with Crippen molar-refractivity contribution in [3.63, 3.8) is 0 Å². The van der Waals surface area contributed by atoms with E-state index in [1.807, 2.05) is 13.8 Å². The van der Waals surface area contributed by atoms with Gasteiger partial charge in [0.25, 0.3) is 0 Å². The van der Waals surface area contributed by atoms with Crippen LogP contribution in [-0.2, 0) is 4.79 Å². The van der Waals surface area contributed by atoms with Crippen LogP contribution in [0.2, 0.25) is 0 Å². The Morgan fingerprint density at radius 2 is 1.89 bits per heavy atom. The average molecular weight is 252 g/mol. The van der Waals surface area contributed by atoms with Crippen LogP contribution in [0.5, 0.6) is 0 Å². The molecule has 1 spiro atoms. The second kappa shape index (κ2) is 5.60. The molecular weight excluding hydrogens is 224 g/mol. The van der Waals surface area contributed by atoms with Gasteiger partial charge < -0.3 is 10.2 Å². The smallest absolute Gasteiger partial charge is 0.226 e. The first-order valence-corrected chi connectivity index (χ1v) is 7.69. The number of rotatable bonds is 0. The number of hydrogen-bond donors (Lipinski definition) is 1. The van der Waals surface area contributed by atoms with E-state index in [1.54, 1.807) is 0 Å². The lowest BCUT2D eigenvalue weighted by Crippen LogP contribution is -2.56. The highest BCUT2D eigenvalue weighted by molar-refractivity contribution is 5.84. The first-order valence-electron chi connectivity index (χ1n) is 7.69. The van der Waals surface area contributed by atoms with E-state index < -0.39 is 0 Å². The summed E-state index contributed by atoms with van der Waals surface area (Å²) in [5.41, 5.74) is -0.00197. The van der Waals surface area contributed by atoms with Gasteiger partial charge >= 0.3 is 0 Å². The van der Waals surface area contributed by atoms with Crippen molar-refractivity contribution in [3.8, 4) is 0 Å². The van der Waals surface area contributed by atoms with Gasteiger partial charge in [-0.2, -0.15) is 0 Å². The summed E-state index contributed by atoms with van der Waals surface area (Å²) in [5.74, 6) is 1.14. The normalized spacial score (nSPS) is 34.5. The fraction of sp³-hybridized carbons (Fsp3) is 0.933. The Balaban J connectivity index is 0.000000574. The summed E-state index contributed by atoms with van der Waals surface area (Å²) in [6.45, 7) is 6.18. The maximum atomic E-state index is 12.3. The molecule has 1 amide bonds. The van der Waals surface area contributed by atoms with Gasteiger partial charge in [-0.1, -0.05) is 20.3 Å². The fourth-order valence-corrected chi connectivity index (χ4v) is 3.86. The molecular formula is C15H28N2O. The Kier molecular flexibility index (Phi) is 4.31. The largest absolute Gasteiger partial charge is 0.353 e. The molecule has 2 atom stereocenters. The average Bonchev–Trinajstić information content (AvgIpc) is 2.83. The zero-order chi connectivity index (χ0) is 13.2. The van der Waals surface area contributed by atoms with E-state index in [0.717, 1.165) is 38.3 Å². The highest BCUT2D eigenvalue weighted by Gasteiger charge is 2.49. The molecule has 1 saturated carbocycles. The third-order valence-corrected chi connectivity index (χ3v) is 5.05. The predicted octanol–water partition coefficient (Wildman–Crippen LogP) is 2.41. The van der Waals surface area contributed by atoms with E-state index in [-0.39, 0.29) is 5.41 Å². The molecule has 3 fully saturated rings. The second-order valence-corrected chi connectivity index (χ2v) is 6.06. The van der Waals surface area contributed by atoms with Crippen LogP contribution in [0.3, 0.4) is 0 Å². The van der Waals surface area contributed by atoms with Crippen molar-refractivity contribution in [2.24, 2.45) is 11.3 Å². The molecule has 2 aliphatic heterocycles. The summed E-state index contributed by atoms with van der Waals surface area (Å²) in [4.78, 5) is 14.6. The number of carbonyl (C=O) groups excluding carboxylic acids is 1. The zero-order valence-electron chi connectivity index (χ0n) is 12.2. The number of hydrogen-bond acceptors (Lipinski definition) is 2. The Bertz CT molecular complexity index is 295. The van der Waals surface area contributed by atoms with Crippen LogP contribution in [0.25, 0.3) is 0 Å². The van der Waals surface area contributed by atoms with E-state index in [0.29, 0.717) is 11.9 Å². The van der Waals surface area contributed by atoms with Crippen LogP contribution in [-0.4, -0.2) is 37.0 Å². The van der Waals surface area contributed by atoms with E-state index in [4.69, 9.17) is 0 Å².